The van der Waals surface area contributed by atoms with Gasteiger partial charge in [0.1, 0.15) is 5.82 Å². The molecule has 24 heavy (non-hydrogen) atoms. The lowest BCUT2D eigenvalue weighted by atomic mass is 9.74. The Morgan fingerprint density at radius 1 is 1.29 bits per heavy atom. The highest BCUT2D eigenvalue weighted by atomic mass is 35.5. The van der Waals surface area contributed by atoms with Gasteiger partial charge in [0, 0.05) is 22.3 Å². The van der Waals surface area contributed by atoms with Crippen LogP contribution in [0.5, 0.6) is 0 Å². The van der Waals surface area contributed by atoms with Gasteiger partial charge in [0.15, 0.2) is 0 Å². The van der Waals surface area contributed by atoms with Crippen LogP contribution < -0.4 is 11.3 Å². The number of nitrogens with zero attached hydrogens (tertiary/aromatic N) is 2. The van der Waals surface area contributed by atoms with Crippen LogP contribution in [0.15, 0.2) is 54.1 Å². The summed E-state index contributed by atoms with van der Waals surface area (Å²) in [6, 6.07) is 9.93. The van der Waals surface area contributed by atoms with Gasteiger partial charge >= 0.3 is 0 Å². The summed E-state index contributed by atoms with van der Waals surface area (Å²) in [4.78, 5) is 8.79. The molecule has 0 saturated heterocycles. The summed E-state index contributed by atoms with van der Waals surface area (Å²) in [5, 5.41) is 0.167. The molecular weight excluding hydrogens is 340 g/mol. The van der Waals surface area contributed by atoms with Gasteiger partial charge in [-0.05, 0) is 23.6 Å². The zero-order chi connectivity index (χ0) is 17.2. The molecule has 2 aromatic rings. The van der Waals surface area contributed by atoms with Gasteiger partial charge in [0.2, 0.25) is 5.28 Å². The van der Waals surface area contributed by atoms with E-state index < -0.39 is 0 Å². The minimum atomic E-state index is -0.288. The molecule has 3 N–H and O–H groups in total. The molecule has 1 aliphatic rings. The van der Waals surface area contributed by atoms with Gasteiger partial charge in [-0.25, -0.2) is 10.8 Å². The summed E-state index contributed by atoms with van der Waals surface area (Å²) in [6.45, 7) is 2.15. The van der Waals surface area contributed by atoms with E-state index in [2.05, 4.69) is 53.2 Å². The first-order chi connectivity index (χ1) is 11.6. The molecule has 0 radical (unpaired) electrons. The molecule has 1 unspecified atom stereocenters. The molecule has 1 atom stereocenters. The van der Waals surface area contributed by atoms with Crippen molar-refractivity contribution in [2.45, 2.75) is 18.8 Å². The molecule has 0 amide bonds. The lowest BCUT2D eigenvalue weighted by Gasteiger charge is -2.31. The Morgan fingerprint density at radius 3 is 2.62 bits per heavy atom. The first-order valence-electron chi connectivity index (χ1n) is 7.66. The molecule has 6 heteroatoms. The molecule has 0 spiro atoms. The quantitative estimate of drug-likeness (QED) is 0.332. The predicted octanol–water partition coefficient (Wildman–Crippen LogP) is 4.16. The van der Waals surface area contributed by atoms with Gasteiger partial charge in [0.25, 0.3) is 0 Å². The first-order valence-corrected chi connectivity index (χ1v) is 8.67. The molecule has 0 aliphatic heterocycles. The fraction of sp³-hybridized carbons (Fsp3) is 0.222. The molecule has 0 fully saturated rings. The van der Waals surface area contributed by atoms with Crippen molar-refractivity contribution < 1.29 is 0 Å². The van der Waals surface area contributed by atoms with Crippen LogP contribution in [0.4, 0.5) is 5.82 Å². The number of nitrogens with one attached hydrogen (secondary N) is 1. The second-order valence-electron chi connectivity index (χ2n) is 5.97. The normalized spacial score (nSPS) is 19.9. The van der Waals surface area contributed by atoms with Crippen molar-refractivity contribution in [1.29, 1.82) is 0 Å². The molecule has 1 aromatic heterocycles. The van der Waals surface area contributed by atoms with Gasteiger partial charge in [-0.1, -0.05) is 55.5 Å². The third kappa shape index (κ3) is 3.20. The highest BCUT2D eigenvalue weighted by Crippen LogP contribution is 2.42. The average molecular weight is 359 g/mol. The van der Waals surface area contributed by atoms with Crippen molar-refractivity contribution in [3.63, 3.8) is 0 Å². The fourth-order valence-corrected chi connectivity index (χ4v) is 3.36. The molecule has 1 aromatic carbocycles. The van der Waals surface area contributed by atoms with Crippen molar-refractivity contribution in [2.24, 2.45) is 5.84 Å². The Bertz CT molecular complexity index is 804. The van der Waals surface area contributed by atoms with Gasteiger partial charge in [-0.15, -0.1) is 0 Å². The average Bonchev–Trinajstić information content (AvgIpc) is 2.62. The monoisotopic (exact) mass is 358 g/mol. The number of nitrogens with two attached hydrogens (primary N) is 1. The molecule has 124 valence electrons. The van der Waals surface area contributed by atoms with Gasteiger partial charge in [-0.3, -0.25) is 0 Å². The highest BCUT2D eigenvalue weighted by Gasteiger charge is 2.32. The second kappa shape index (κ2) is 6.97. The lowest BCUT2D eigenvalue weighted by Crippen LogP contribution is -2.26. The summed E-state index contributed by atoms with van der Waals surface area (Å²) >= 11 is 10.5. The minimum absolute atomic E-state index is 0.167. The van der Waals surface area contributed by atoms with E-state index in [9.17, 15) is 0 Å². The molecule has 0 saturated carbocycles. The SMILES string of the molecule is CC1(c2c(NN)nc(Cl)nc2-c2ccccc2)C=CC(CS)=CC1. The van der Waals surface area contributed by atoms with Crippen molar-refractivity contribution in [2.75, 3.05) is 11.2 Å². The van der Waals surface area contributed by atoms with Crippen LogP contribution in [-0.2, 0) is 5.41 Å². The van der Waals surface area contributed by atoms with Crippen molar-refractivity contribution in [3.05, 3.63) is 65.0 Å². The Labute approximate surface area is 152 Å². The van der Waals surface area contributed by atoms with Crippen molar-refractivity contribution in [3.8, 4) is 11.3 Å². The zero-order valence-electron chi connectivity index (χ0n) is 13.3. The molecular formula is C18H19ClN4S. The third-order valence-electron chi connectivity index (χ3n) is 4.27. The molecule has 3 rings (SSSR count). The predicted molar refractivity (Wildman–Crippen MR) is 103 cm³/mol. The number of aromatic nitrogens is 2. The molecule has 4 nitrogen and oxygen atoms in total. The van der Waals surface area contributed by atoms with Crippen molar-refractivity contribution >= 4 is 30.0 Å². The Hall–Kier alpha value is -1.82. The number of anilines is 1. The zero-order valence-corrected chi connectivity index (χ0v) is 15.0. The van der Waals surface area contributed by atoms with E-state index in [4.69, 9.17) is 17.4 Å². The number of hydrazine groups is 1. The van der Waals surface area contributed by atoms with Crippen LogP contribution in [0.1, 0.15) is 18.9 Å². The Kier molecular flexibility index (Phi) is 4.94. The van der Waals surface area contributed by atoms with E-state index in [0.29, 0.717) is 5.82 Å². The van der Waals surface area contributed by atoms with E-state index in [-0.39, 0.29) is 10.7 Å². The summed E-state index contributed by atoms with van der Waals surface area (Å²) < 4.78 is 0. The van der Waals surface area contributed by atoms with Crippen molar-refractivity contribution in [1.82, 2.24) is 9.97 Å². The molecule has 0 bridgehead atoms. The second-order valence-corrected chi connectivity index (χ2v) is 6.62. The number of thiol groups is 1. The summed E-state index contributed by atoms with van der Waals surface area (Å²) in [5.41, 5.74) is 6.31. The van der Waals surface area contributed by atoms with Crippen LogP contribution in [0.2, 0.25) is 5.28 Å². The maximum Gasteiger partial charge on any atom is 0.224 e. The number of benzene rings is 1. The lowest BCUT2D eigenvalue weighted by molar-refractivity contribution is 0.594. The van der Waals surface area contributed by atoms with E-state index >= 15 is 0 Å². The number of rotatable bonds is 4. The van der Waals surface area contributed by atoms with Gasteiger partial charge < -0.3 is 5.43 Å². The number of allylic oxidation sites excluding steroid dienone is 3. The van der Waals surface area contributed by atoms with Crippen LogP contribution in [-0.4, -0.2) is 15.7 Å². The van der Waals surface area contributed by atoms with Gasteiger partial charge in [0.05, 0.1) is 5.69 Å². The standard InChI is InChI=1S/C18H19ClN4S/c1-18(9-7-12(11-24)8-10-18)14-15(13-5-3-2-4-6-13)21-17(19)22-16(14)23-20/h2-9,24H,10-11,20H2,1H3,(H,21,22,23). The van der Waals surface area contributed by atoms with Crippen LogP contribution in [0.3, 0.4) is 0 Å². The number of nitrogen functional groups attached to an aromatic ring is 1. The Morgan fingerprint density at radius 2 is 2.04 bits per heavy atom. The largest absolute Gasteiger partial charge is 0.308 e. The van der Waals surface area contributed by atoms with Crippen LogP contribution in [0.25, 0.3) is 11.3 Å². The first kappa shape index (κ1) is 17.0. The smallest absolute Gasteiger partial charge is 0.224 e. The third-order valence-corrected chi connectivity index (χ3v) is 4.81. The van der Waals surface area contributed by atoms with Crippen LogP contribution >= 0.6 is 24.2 Å². The molecule has 1 heterocycles. The molecule has 1 aliphatic carbocycles. The number of hydrogen-bond donors (Lipinski definition) is 3. The number of hydrogen-bond acceptors (Lipinski definition) is 5. The topological polar surface area (TPSA) is 63.8 Å². The summed E-state index contributed by atoms with van der Waals surface area (Å²) in [7, 11) is 0. The van der Waals surface area contributed by atoms with E-state index in [0.717, 1.165) is 29.0 Å². The van der Waals surface area contributed by atoms with E-state index in [1.807, 2.05) is 30.3 Å². The maximum absolute atomic E-state index is 6.12. The number of halogens is 1. The summed E-state index contributed by atoms with van der Waals surface area (Å²) in [5.74, 6) is 7.00. The Balaban J connectivity index is 2.20. The maximum atomic E-state index is 6.12. The van der Waals surface area contributed by atoms with Gasteiger partial charge in [-0.2, -0.15) is 17.6 Å². The fourth-order valence-electron chi connectivity index (χ4n) is 2.96. The minimum Gasteiger partial charge on any atom is -0.308 e. The summed E-state index contributed by atoms with van der Waals surface area (Å²) in [6.07, 6.45) is 7.27. The highest BCUT2D eigenvalue weighted by molar-refractivity contribution is 7.80. The van der Waals surface area contributed by atoms with Crippen LogP contribution in [0, 0.1) is 0 Å². The van der Waals surface area contributed by atoms with E-state index in [1.54, 1.807) is 0 Å². The van der Waals surface area contributed by atoms with E-state index in [1.165, 1.54) is 5.57 Å².